The van der Waals surface area contributed by atoms with Gasteiger partial charge in [-0.1, -0.05) is 23.7 Å². The van der Waals surface area contributed by atoms with Gasteiger partial charge in [0.15, 0.2) is 0 Å². The van der Waals surface area contributed by atoms with Gasteiger partial charge in [-0.2, -0.15) is 13.2 Å². The predicted molar refractivity (Wildman–Crippen MR) is 136 cm³/mol. The number of halogens is 4. The third-order valence-corrected chi connectivity index (χ3v) is 6.04. The van der Waals surface area contributed by atoms with Crippen LogP contribution in [0.1, 0.15) is 27.6 Å². The maximum absolute atomic E-state index is 14.3. The molecule has 0 saturated carbocycles. The van der Waals surface area contributed by atoms with Gasteiger partial charge in [0.05, 0.1) is 46.4 Å². The average molecular weight is 527 g/mol. The van der Waals surface area contributed by atoms with E-state index >= 15 is 0 Å². The van der Waals surface area contributed by atoms with Crippen molar-refractivity contribution in [3.63, 3.8) is 0 Å². The molecular weight excluding hydrogens is 505 g/mol. The number of amides is 1. The summed E-state index contributed by atoms with van der Waals surface area (Å²) in [5.74, 6) is 0.259. The van der Waals surface area contributed by atoms with E-state index in [0.717, 1.165) is 11.6 Å². The summed E-state index contributed by atoms with van der Waals surface area (Å²) < 4.78 is 44.3. The van der Waals surface area contributed by atoms with Gasteiger partial charge in [0.2, 0.25) is 0 Å². The van der Waals surface area contributed by atoms with E-state index in [-0.39, 0.29) is 17.8 Å². The lowest BCUT2D eigenvalue weighted by atomic mass is 10.1. The zero-order valence-corrected chi connectivity index (χ0v) is 20.7. The monoisotopic (exact) mass is 526 g/mol. The Balaban J connectivity index is 1.49. The quantitative estimate of drug-likeness (QED) is 0.303. The molecule has 0 aliphatic carbocycles. The summed E-state index contributed by atoms with van der Waals surface area (Å²) >= 11 is 5.98. The number of H-pyrrole nitrogens is 1. The van der Waals surface area contributed by atoms with Crippen molar-refractivity contribution in [3.8, 4) is 5.69 Å². The van der Waals surface area contributed by atoms with Gasteiger partial charge in [-0.3, -0.25) is 9.36 Å². The summed E-state index contributed by atoms with van der Waals surface area (Å²) in [6.07, 6.45) is -4.70. The van der Waals surface area contributed by atoms with Gasteiger partial charge < -0.3 is 15.2 Å². The van der Waals surface area contributed by atoms with E-state index in [1.54, 1.807) is 42.5 Å². The van der Waals surface area contributed by atoms with Crippen molar-refractivity contribution in [3.05, 3.63) is 88.5 Å². The molecule has 0 fully saturated rings. The number of para-hydroxylation sites is 2. The van der Waals surface area contributed by atoms with Crippen molar-refractivity contribution in [2.24, 2.45) is 0 Å². The van der Waals surface area contributed by atoms with E-state index in [1.807, 2.05) is 19.0 Å². The lowest BCUT2D eigenvalue weighted by Gasteiger charge is -2.19. The molecule has 37 heavy (non-hydrogen) atoms. The van der Waals surface area contributed by atoms with Crippen molar-refractivity contribution in [1.29, 1.82) is 0 Å². The summed E-state index contributed by atoms with van der Waals surface area (Å²) in [6.45, 7) is 0.338. The fourth-order valence-electron chi connectivity index (χ4n) is 4.21. The minimum atomic E-state index is -4.70. The molecule has 11 heteroatoms. The van der Waals surface area contributed by atoms with Crippen LogP contribution in [0, 0.1) is 0 Å². The largest absolute Gasteiger partial charge is 0.418 e. The van der Waals surface area contributed by atoms with Crippen molar-refractivity contribution < 1.29 is 18.0 Å². The number of hydrogen-bond donors (Lipinski definition) is 2. The molecule has 5 aromatic rings. The van der Waals surface area contributed by atoms with Gasteiger partial charge in [-0.05, 0) is 62.6 Å². The van der Waals surface area contributed by atoms with Crippen LogP contribution in [0.3, 0.4) is 0 Å². The van der Waals surface area contributed by atoms with E-state index in [2.05, 4.69) is 20.3 Å². The molecule has 0 radical (unpaired) electrons. The van der Waals surface area contributed by atoms with E-state index in [4.69, 9.17) is 11.6 Å². The van der Waals surface area contributed by atoms with Crippen LogP contribution in [0.25, 0.3) is 27.8 Å². The summed E-state index contributed by atoms with van der Waals surface area (Å²) in [6, 6.07) is 15.7. The third kappa shape index (κ3) is 5.03. The fourth-order valence-corrected chi connectivity index (χ4v) is 4.38. The average Bonchev–Trinajstić information content (AvgIpc) is 3.41. The number of alkyl halides is 3. The molecule has 190 valence electrons. The highest BCUT2D eigenvalue weighted by Crippen LogP contribution is 2.36. The van der Waals surface area contributed by atoms with E-state index in [0.29, 0.717) is 39.8 Å². The number of nitrogens with zero attached hydrogens (tertiary/aromatic N) is 4. The summed E-state index contributed by atoms with van der Waals surface area (Å²) in [7, 11) is 3.64. The molecule has 0 aliphatic heterocycles. The second-order valence-corrected chi connectivity index (χ2v) is 9.28. The van der Waals surface area contributed by atoms with Crippen LogP contribution < -0.4 is 5.32 Å². The first-order valence-corrected chi connectivity index (χ1v) is 11.7. The van der Waals surface area contributed by atoms with Crippen LogP contribution in [-0.4, -0.2) is 44.4 Å². The maximum atomic E-state index is 14.3. The molecular formula is C26H22ClF3N6O. The third-order valence-electron chi connectivity index (χ3n) is 5.80. The number of hydrogen-bond acceptors (Lipinski definition) is 4. The van der Waals surface area contributed by atoms with Crippen LogP contribution in [-0.2, 0) is 19.3 Å². The lowest BCUT2D eigenvalue weighted by Crippen LogP contribution is -2.24. The first kappa shape index (κ1) is 24.8. The zero-order chi connectivity index (χ0) is 26.3. The molecule has 3 aromatic carbocycles. The van der Waals surface area contributed by atoms with Crippen LogP contribution in [0.2, 0.25) is 5.02 Å². The normalized spacial score (nSPS) is 12.1. The number of carbonyl (C=O) groups excluding carboxylic acids is 1. The van der Waals surface area contributed by atoms with Crippen molar-refractivity contribution in [1.82, 2.24) is 29.7 Å². The predicted octanol–water partition coefficient (Wildman–Crippen LogP) is 5.57. The van der Waals surface area contributed by atoms with Crippen molar-refractivity contribution in [2.45, 2.75) is 19.3 Å². The Hall–Kier alpha value is -3.89. The molecule has 0 aliphatic rings. The number of rotatable bonds is 6. The van der Waals surface area contributed by atoms with Gasteiger partial charge >= 0.3 is 6.18 Å². The number of carbonyl (C=O) groups is 1. The minimum Gasteiger partial charge on any atom is -0.345 e. The van der Waals surface area contributed by atoms with Gasteiger partial charge in [-0.25, -0.2) is 9.97 Å². The Morgan fingerprint density at radius 1 is 1.05 bits per heavy atom. The van der Waals surface area contributed by atoms with Gasteiger partial charge in [0.1, 0.15) is 11.6 Å². The first-order chi connectivity index (χ1) is 17.6. The number of imidazole rings is 2. The summed E-state index contributed by atoms with van der Waals surface area (Å²) in [4.78, 5) is 26.6. The zero-order valence-electron chi connectivity index (χ0n) is 19.9. The van der Waals surface area contributed by atoms with Crippen LogP contribution in [0.5, 0.6) is 0 Å². The minimum absolute atomic E-state index is 0.00732. The number of fused-ring (bicyclic) bond motifs is 2. The molecule has 0 unspecified atom stereocenters. The highest BCUT2D eigenvalue weighted by molar-refractivity contribution is 6.31. The Bertz CT molecular complexity index is 1620. The lowest BCUT2D eigenvalue weighted by molar-refractivity contribution is -0.137. The Morgan fingerprint density at radius 3 is 2.59 bits per heavy atom. The summed E-state index contributed by atoms with van der Waals surface area (Å²) in [5.41, 5.74) is 1.35. The number of benzene rings is 3. The molecule has 0 spiro atoms. The fraction of sp³-hybridized carbons (Fsp3) is 0.192. The van der Waals surface area contributed by atoms with Crippen LogP contribution in [0.4, 0.5) is 13.2 Å². The highest BCUT2D eigenvalue weighted by atomic mass is 35.5. The smallest absolute Gasteiger partial charge is 0.345 e. The maximum Gasteiger partial charge on any atom is 0.418 e. The molecule has 2 aromatic heterocycles. The molecule has 0 bridgehead atoms. The Kier molecular flexibility index (Phi) is 6.38. The standard InChI is InChI=1S/C26H22ClF3N6O/c1-35(2)14-24-34-19-5-3-4-6-22(19)36(24)21-10-7-15(11-17(21)26(28,29)30)25(37)31-13-23-32-18-9-8-16(27)12-20(18)33-23/h3-12H,13-14H2,1-2H3,(H,31,37)(H,32,33). The van der Waals surface area contributed by atoms with Crippen LogP contribution in [0.15, 0.2) is 60.7 Å². The molecule has 7 nitrogen and oxygen atoms in total. The first-order valence-electron chi connectivity index (χ1n) is 11.4. The second kappa shape index (κ2) is 9.53. The van der Waals surface area contributed by atoms with Gasteiger partial charge in [-0.15, -0.1) is 0 Å². The van der Waals surface area contributed by atoms with Crippen molar-refractivity contribution >= 4 is 39.6 Å². The van der Waals surface area contributed by atoms with E-state index in [1.165, 1.54) is 16.7 Å². The molecule has 2 N–H and O–H groups in total. The highest BCUT2D eigenvalue weighted by Gasteiger charge is 2.36. The number of nitrogens with one attached hydrogen (secondary N) is 2. The Labute approximate surface area is 214 Å². The molecule has 0 saturated heterocycles. The van der Waals surface area contributed by atoms with E-state index < -0.39 is 17.6 Å². The van der Waals surface area contributed by atoms with Gasteiger partial charge in [0, 0.05) is 10.6 Å². The van der Waals surface area contributed by atoms with Gasteiger partial charge in [0.25, 0.3) is 5.91 Å². The molecule has 2 heterocycles. The Morgan fingerprint density at radius 2 is 1.84 bits per heavy atom. The second-order valence-electron chi connectivity index (χ2n) is 8.85. The SMILES string of the molecule is CN(C)Cc1nc2ccccc2n1-c1ccc(C(=O)NCc2nc3cc(Cl)ccc3[nH]2)cc1C(F)(F)F. The topological polar surface area (TPSA) is 78.8 Å². The molecule has 5 rings (SSSR count). The summed E-state index contributed by atoms with van der Waals surface area (Å²) in [5, 5.41) is 3.15. The number of aromatic amines is 1. The molecule has 1 amide bonds. The number of aromatic nitrogens is 4. The van der Waals surface area contributed by atoms with E-state index in [9.17, 15) is 18.0 Å². The molecule has 0 atom stereocenters. The van der Waals surface area contributed by atoms with Crippen LogP contribution >= 0.6 is 11.6 Å². The van der Waals surface area contributed by atoms with Crippen molar-refractivity contribution in [2.75, 3.05) is 14.1 Å².